The van der Waals surface area contributed by atoms with Gasteiger partial charge in [-0.05, 0) is 79.1 Å². The van der Waals surface area contributed by atoms with Crippen LogP contribution in [0.5, 0.6) is 0 Å². The number of carbonyl (C=O) groups is 1. The first-order valence-corrected chi connectivity index (χ1v) is 14.5. The molecule has 3 aromatic carbocycles. The van der Waals surface area contributed by atoms with Crippen LogP contribution in [0.25, 0.3) is 11.3 Å². The summed E-state index contributed by atoms with van der Waals surface area (Å²) in [7, 11) is 1.70. The Morgan fingerprint density at radius 2 is 1.69 bits per heavy atom. The molecule has 1 amide bonds. The van der Waals surface area contributed by atoms with Gasteiger partial charge < -0.3 is 25.8 Å². The molecule has 0 aliphatic carbocycles. The molecule has 2 heterocycles. The Bertz CT molecular complexity index is 1660. The maximum absolute atomic E-state index is 13.1. The molecule has 4 N–H and O–H groups in total. The normalized spacial score (nSPS) is 13.6. The molecule has 218 valence electrons. The number of anilines is 5. The zero-order valence-corrected chi connectivity index (χ0v) is 25.1. The molecule has 8 heteroatoms. The summed E-state index contributed by atoms with van der Waals surface area (Å²) in [5, 5.41) is 6.23. The molecule has 1 fully saturated rings. The Kier molecular flexibility index (Phi) is 8.07. The molecular formula is C34H40N6O2. The van der Waals surface area contributed by atoms with Crippen LogP contribution in [0.4, 0.5) is 28.6 Å². The number of hydrogen-bond acceptors (Lipinski definition) is 6. The fourth-order valence-electron chi connectivity index (χ4n) is 5.37. The van der Waals surface area contributed by atoms with Crippen molar-refractivity contribution in [2.24, 2.45) is 7.05 Å². The molecule has 1 saturated heterocycles. The quantitative estimate of drug-likeness (QED) is 0.227. The van der Waals surface area contributed by atoms with Crippen molar-refractivity contribution in [3.63, 3.8) is 0 Å². The lowest BCUT2D eigenvalue weighted by atomic mass is 9.86. The van der Waals surface area contributed by atoms with Gasteiger partial charge in [0.15, 0.2) is 5.82 Å². The minimum absolute atomic E-state index is 0.0134. The van der Waals surface area contributed by atoms with Gasteiger partial charge in [-0.2, -0.15) is 0 Å². The SMILES string of the molecule is Cc1c(NC(=O)c2ccc(C(C)(C)C)cc2)cccc1-c1cn(C)c(=O)c(Nc2ccc(N3CCCCC3)c(N)c2)n1. The molecule has 0 spiro atoms. The van der Waals surface area contributed by atoms with Crippen LogP contribution >= 0.6 is 0 Å². The van der Waals surface area contributed by atoms with Crippen LogP contribution in [-0.4, -0.2) is 28.5 Å². The van der Waals surface area contributed by atoms with Crippen molar-refractivity contribution in [1.29, 1.82) is 0 Å². The van der Waals surface area contributed by atoms with Gasteiger partial charge in [-0.3, -0.25) is 9.59 Å². The minimum atomic E-state index is -0.252. The zero-order valence-electron chi connectivity index (χ0n) is 25.1. The fraction of sp³-hybridized carbons (Fsp3) is 0.324. The second kappa shape index (κ2) is 11.7. The Hall–Kier alpha value is -4.59. The van der Waals surface area contributed by atoms with E-state index in [4.69, 9.17) is 10.7 Å². The first-order valence-electron chi connectivity index (χ1n) is 14.5. The summed E-state index contributed by atoms with van der Waals surface area (Å²) in [6.07, 6.45) is 5.30. The second-order valence-corrected chi connectivity index (χ2v) is 12.1. The third kappa shape index (κ3) is 6.17. The number of nitrogens with zero attached hydrogens (tertiary/aromatic N) is 3. The summed E-state index contributed by atoms with van der Waals surface area (Å²) in [6, 6.07) is 19.2. The summed E-state index contributed by atoms with van der Waals surface area (Å²) >= 11 is 0. The number of nitrogen functional groups attached to an aromatic ring is 1. The maximum atomic E-state index is 13.1. The van der Waals surface area contributed by atoms with Crippen molar-refractivity contribution in [1.82, 2.24) is 9.55 Å². The molecule has 0 atom stereocenters. The lowest BCUT2D eigenvalue weighted by Crippen LogP contribution is -2.30. The number of aryl methyl sites for hydroxylation is 1. The molecule has 0 bridgehead atoms. The van der Waals surface area contributed by atoms with Crippen molar-refractivity contribution in [2.45, 2.75) is 52.4 Å². The van der Waals surface area contributed by atoms with Crippen LogP contribution in [0.15, 0.2) is 71.7 Å². The van der Waals surface area contributed by atoms with Gasteiger partial charge in [-0.1, -0.05) is 45.0 Å². The average Bonchev–Trinajstić information content (AvgIpc) is 2.96. The summed E-state index contributed by atoms with van der Waals surface area (Å²) in [6.45, 7) is 10.4. The van der Waals surface area contributed by atoms with Crippen LogP contribution in [0.3, 0.4) is 0 Å². The summed E-state index contributed by atoms with van der Waals surface area (Å²) in [5.41, 5.74) is 13.3. The molecule has 1 aliphatic rings. The summed E-state index contributed by atoms with van der Waals surface area (Å²) in [5.74, 6) is 0.0185. The molecular weight excluding hydrogens is 524 g/mol. The Labute approximate surface area is 247 Å². The van der Waals surface area contributed by atoms with Gasteiger partial charge >= 0.3 is 0 Å². The number of carbonyl (C=O) groups excluding carboxylic acids is 1. The van der Waals surface area contributed by atoms with Gasteiger partial charge in [-0.25, -0.2) is 4.98 Å². The highest BCUT2D eigenvalue weighted by molar-refractivity contribution is 6.05. The molecule has 4 aromatic rings. The number of aromatic nitrogens is 2. The third-order valence-electron chi connectivity index (χ3n) is 7.93. The number of rotatable bonds is 6. The van der Waals surface area contributed by atoms with Crippen LogP contribution in [-0.2, 0) is 12.5 Å². The predicted octanol–water partition coefficient (Wildman–Crippen LogP) is 6.62. The van der Waals surface area contributed by atoms with E-state index in [1.807, 2.05) is 67.6 Å². The summed E-state index contributed by atoms with van der Waals surface area (Å²) < 4.78 is 1.51. The van der Waals surface area contributed by atoms with E-state index in [1.54, 1.807) is 13.2 Å². The second-order valence-electron chi connectivity index (χ2n) is 12.1. The standard InChI is InChI=1S/C34H40N6O2/c1-22-26(10-9-11-28(22)38-32(41)23-12-14-24(15-13-23)34(2,3)4)29-21-39(5)33(42)31(37-29)36-25-16-17-30(27(35)20-25)40-18-7-6-8-19-40/h9-17,20-21H,6-8,18-19,35H2,1-5H3,(H,36,37)(H,38,41). The van der Waals surface area contributed by atoms with Gasteiger partial charge in [0.05, 0.1) is 17.1 Å². The smallest absolute Gasteiger partial charge is 0.293 e. The topological polar surface area (TPSA) is 105 Å². The average molecular weight is 565 g/mol. The van der Waals surface area contributed by atoms with Crippen molar-refractivity contribution >= 4 is 34.5 Å². The highest BCUT2D eigenvalue weighted by atomic mass is 16.1. The van der Waals surface area contributed by atoms with E-state index in [0.29, 0.717) is 28.3 Å². The van der Waals surface area contributed by atoms with Crippen LogP contribution in [0.2, 0.25) is 0 Å². The summed E-state index contributed by atoms with van der Waals surface area (Å²) in [4.78, 5) is 33.1. The fourth-order valence-corrected chi connectivity index (χ4v) is 5.37. The third-order valence-corrected chi connectivity index (χ3v) is 7.93. The molecule has 0 unspecified atom stereocenters. The highest BCUT2D eigenvalue weighted by Crippen LogP contribution is 2.31. The number of amides is 1. The van der Waals surface area contributed by atoms with Gasteiger partial charge in [0.25, 0.3) is 11.5 Å². The lowest BCUT2D eigenvalue weighted by Gasteiger charge is -2.30. The first-order chi connectivity index (χ1) is 20.0. The monoisotopic (exact) mass is 564 g/mol. The van der Waals surface area contributed by atoms with Crippen LogP contribution in [0, 0.1) is 6.92 Å². The van der Waals surface area contributed by atoms with Gasteiger partial charge in [0.2, 0.25) is 0 Å². The lowest BCUT2D eigenvalue weighted by molar-refractivity contribution is 0.102. The van der Waals surface area contributed by atoms with Crippen molar-refractivity contribution in [3.8, 4) is 11.3 Å². The number of benzene rings is 3. The highest BCUT2D eigenvalue weighted by Gasteiger charge is 2.18. The van der Waals surface area contributed by atoms with E-state index in [2.05, 4.69) is 36.3 Å². The van der Waals surface area contributed by atoms with E-state index < -0.39 is 0 Å². The Morgan fingerprint density at radius 3 is 2.36 bits per heavy atom. The Balaban J connectivity index is 1.39. The predicted molar refractivity (Wildman–Crippen MR) is 173 cm³/mol. The number of piperidine rings is 1. The zero-order chi connectivity index (χ0) is 30.0. The van der Waals surface area contributed by atoms with Gasteiger partial charge in [0, 0.05) is 48.8 Å². The first kappa shape index (κ1) is 28.9. The molecule has 8 nitrogen and oxygen atoms in total. The van der Waals surface area contributed by atoms with E-state index >= 15 is 0 Å². The van der Waals surface area contributed by atoms with Gasteiger partial charge in [0.1, 0.15) is 0 Å². The molecule has 5 rings (SSSR count). The number of hydrogen-bond donors (Lipinski definition) is 3. The number of nitrogens with two attached hydrogens (primary N) is 1. The van der Waals surface area contributed by atoms with E-state index in [9.17, 15) is 9.59 Å². The molecule has 42 heavy (non-hydrogen) atoms. The number of nitrogens with one attached hydrogen (secondary N) is 2. The van der Waals surface area contributed by atoms with Gasteiger partial charge in [-0.15, -0.1) is 0 Å². The van der Waals surface area contributed by atoms with Crippen molar-refractivity contribution in [3.05, 3.63) is 93.9 Å². The Morgan fingerprint density at radius 1 is 0.976 bits per heavy atom. The maximum Gasteiger partial charge on any atom is 0.293 e. The van der Waals surface area contributed by atoms with E-state index in [1.165, 1.54) is 29.4 Å². The molecule has 1 aliphatic heterocycles. The molecule has 1 aromatic heterocycles. The van der Waals surface area contributed by atoms with E-state index in [-0.39, 0.29) is 22.7 Å². The van der Waals surface area contributed by atoms with Crippen molar-refractivity contribution in [2.75, 3.05) is 34.4 Å². The minimum Gasteiger partial charge on any atom is -0.397 e. The van der Waals surface area contributed by atoms with Crippen molar-refractivity contribution < 1.29 is 4.79 Å². The van der Waals surface area contributed by atoms with E-state index in [0.717, 1.165) is 29.9 Å². The largest absolute Gasteiger partial charge is 0.397 e. The van der Waals surface area contributed by atoms with Crippen LogP contribution < -0.4 is 26.8 Å². The molecule has 0 saturated carbocycles. The van der Waals surface area contributed by atoms with Crippen LogP contribution in [0.1, 0.15) is 61.5 Å². The molecule has 0 radical (unpaired) electrons.